The van der Waals surface area contributed by atoms with Crippen molar-refractivity contribution >= 4 is 23.4 Å². The maximum Gasteiger partial charge on any atom is 0.255 e. The Balaban J connectivity index is 1.55. The van der Waals surface area contributed by atoms with E-state index in [1.807, 2.05) is 54.6 Å². The third-order valence-electron chi connectivity index (χ3n) is 3.75. The Morgan fingerprint density at radius 3 is 2.42 bits per heavy atom. The van der Waals surface area contributed by atoms with E-state index in [0.717, 1.165) is 11.3 Å². The van der Waals surface area contributed by atoms with Crippen LogP contribution in [0.5, 0.6) is 5.88 Å². The van der Waals surface area contributed by atoms with Gasteiger partial charge in [-0.05, 0) is 35.6 Å². The Kier molecular flexibility index (Phi) is 6.28. The lowest BCUT2D eigenvalue weighted by Gasteiger charge is -2.08. The van der Waals surface area contributed by atoms with Crippen LogP contribution < -0.4 is 10.1 Å². The van der Waals surface area contributed by atoms with Crippen LogP contribution in [0, 0.1) is 0 Å². The normalized spacial score (nSPS) is 10.3. The monoisotopic (exact) mass is 364 g/mol. The van der Waals surface area contributed by atoms with Crippen LogP contribution >= 0.6 is 11.8 Å². The van der Waals surface area contributed by atoms with Gasteiger partial charge < -0.3 is 10.1 Å². The second kappa shape index (κ2) is 9.06. The fourth-order valence-electron chi connectivity index (χ4n) is 2.39. The van der Waals surface area contributed by atoms with Crippen LogP contribution in [-0.4, -0.2) is 17.1 Å². The minimum atomic E-state index is -0.152. The molecule has 5 heteroatoms. The van der Waals surface area contributed by atoms with Gasteiger partial charge in [0.15, 0.2) is 0 Å². The molecular formula is C21H20N2O2S. The van der Waals surface area contributed by atoms with Gasteiger partial charge in [0.25, 0.3) is 5.91 Å². The average molecular weight is 364 g/mol. The Bertz CT molecular complexity index is 834. The van der Waals surface area contributed by atoms with Crippen LogP contribution in [0.2, 0.25) is 0 Å². The first kappa shape index (κ1) is 18.0. The number of rotatable bonds is 7. The van der Waals surface area contributed by atoms with Gasteiger partial charge in [-0.1, -0.05) is 42.5 Å². The van der Waals surface area contributed by atoms with Gasteiger partial charge in [0.1, 0.15) is 6.61 Å². The number of hydrogen-bond acceptors (Lipinski definition) is 4. The molecule has 0 unspecified atom stereocenters. The largest absolute Gasteiger partial charge is 0.473 e. The van der Waals surface area contributed by atoms with Crippen LogP contribution in [-0.2, 0) is 12.4 Å². The SMILES string of the molecule is CSCc1ccc(C(=O)Nc2ccc(OCc3ccccc3)nc2)cc1. The molecule has 2 aromatic carbocycles. The van der Waals surface area contributed by atoms with Crippen molar-refractivity contribution in [1.82, 2.24) is 4.98 Å². The van der Waals surface area contributed by atoms with Crippen LogP contribution in [0.4, 0.5) is 5.69 Å². The molecule has 0 saturated carbocycles. The lowest BCUT2D eigenvalue weighted by atomic mass is 10.1. The zero-order chi connectivity index (χ0) is 18.2. The summed E-state index contributed by atoms with van der Waals surface area (Å²) in [6, 6.07) is 21.1. The van der Waals surface area contributed by atoms with Crippen LogP contribution in [0.25, 0.3) is 0 Å². The molecule has 0 bridgehead atoms. The van der Waals surface area contributed by atoms with E-state index in [-0.39, 0.29) is 5.91 Å². The van der Waals surface area contributed by atoms with Gasteiger partial charge in [0.2, 0.25) is 5.88 Å². The van der Waals surface area contributed by atoms with E-state index in [9.17, 15) is 4.79 Å². The van der Waals surface area contributed by atoms with Gasteiger partial charge >= 0.3 is 0 Å². The fraction of sp³-hybridized carbons (Fsp3) is 0.143. The molecule has 0 fully saturated rings. The molecule has 1 aromatic heterocycles. The lowest BCUT2D eigenvalue weighted by molar-refractivity contribution is 0.102. The second-order valence-corrected chi connectivity index (χ2v) is 6.61. The van der Waals surface area contributed by atoms with Crippen LogP contribution in [0.3, 0.4) is 0 Å². The van der Waals surface area contributed by atoms with Crippen molar-refractivity contribution in [2.24, 2.45) is 0 Å². The van der Waals surface area contributed by atoms with Gasteiger partial charge in [0, 0.05) is 17.4 Å². The van der Waals surface area contributed by atoms with Crippen LogP contribution in [0.15, 0.2) is 72.9 Å². The molecule has 1 amide bonds. The minimum absolute atomic E-state index is 0.152. The summed E-state index contributed by atoms with van der Waals surface area (Å²) in [6.07, 6.45) is 3.65. The minimum Gasteiger partial charge on any atom is -0.473 e. The molecule has 1 N–H and O–H groups in total. The molecule has 4 nitrogen and oxygen atoms in total. The zero-order valence-corrected chi connectivity index (χ0v) is 15.3. The summed E-state index contributed by atoms with van der Waals surface area (Å²) in [5, 5.41) is 2.85. The number of carbonyl (C=O) groups is 1. The van der Waals surface area contributed by atoms with Crippen molar-refractivity contribution < 1.29 is 9.53 Å². The number of nitrogens with one attached hydrogen (secondary N) is 1. The molecule has 0 aliphatic rings. The Hall–Kier alpha value is -2.79. The van der Waals surface area contributed by atoms with E-state index >= 15 is 0 Å². The highest BCUT2D eigenvalue weighted by atomic mass is 32.2. The molecule has 0 atom stereocenters. The number of anilines is 1. The summed E-state index contributed by atoms with van der Waals surface area (Å²) in [6.45, 7) is 0.460. The van der Waals surface area contributed by atoms with Gasteiger partial charge in [-0.15, -0.1) is 0 Å². The predicted octanol–water partition coefficient (Wildman–Crippen LogP) is 4.78. The van der Waals surface area contributed by atoms with Gasteiger partial charge in [-0.3, -0.25) is 4.79 Å². The van der Waals surface area contributed by atoms with E-state index in [1.54, 1.807) is 30.1 Å². The van der Waals surface area contributed by atoms with Gasteiger partial charge in [-0.25, -0.2) is 4.98 Å². The van der Waals surface area contributed by atoms with E-state index < -0.39 is 0 Å². The molecule has 26 heavy (non-hydrogen) atoms. The highest BCUT2D eigenvalue weighted by Gasteiger charge is 2.07. The highest BCUT2D eigenvalue weighted by Crippen LogP contribution is 2.15. The number of aromatic nitrogens is 1. The van der Waals surface area contributed by atoms with Crippen molar-refractivity contribution in [1.29, 1.82) is 0 Å². The van der Waals surface area contributed by atoms with Crippen molar-refractivity contribution in [3.05, 3.63) is 89.6 Å². The summed E-state index contributed by atoms with van der Waals surface area (Å²) >= 11 is 1.75. The fourth-order valence-corrected chi connectivity index (χ4v) is 2.92. The molecule has 3 rings (SSSR count). The number of nitrogens with zero attached hydrogens (tertiary/aromatic N) is 1. The first-order chi connectivity index (χ1) is 12.7. The van der Waals surface area contributed by atoms with E-state index in [2.05, 4.69) is 16.6 Å². The summed E-state index contributed by atoms with van der Waals surface area (Å²) in [7, 11) is 0. The van der Waals surface area contributed by atoms with E-state index in [1.165, 1.54) is 5.56 Å². The third-order valence-corrected chi connectivity index (χ3v) is 4.37. The first-order valence-electron chi connectivity index (χ1n) is 8.26. The Labute approximate surface area is 157 Å². The molecule has 0 aliphatic carbocycles. The third kappa shape index (κ3) is 5.10. The molecule has 0 saturated heterocycles. The zero-order valence-electron chi connectivity index (χ0n) is 14.5. The maximum absolute atomic E-state index is 12.3. The van der Waals surface area contributed by atoms with E-state index in [4.69, 9.17) is 4.74 Å². The molecular weight excluding hydrogens is 344 g/mol. The lowest BCUT2D eigenvalue weighted by Crippen LogP contribution is -2.12. The summed E-state index contributed by atoms with van der Waals surface area (Å²) in [5.74, 6) is 1.31. The van der Waals surface area contributed by atoms with Crippen molar-refractivity contribution in [3.63, 3.8) is 0 Å². The number of amides is 1. The molecule has 0 spiro atoms. The quantitative estimate of drug-likeness (QED) is 0.656. The number of thioether (sulfide) groups is 1. The summed E-state index contributed by atoms with van der Waals surface area (Å²) < 4.78 is 5.65. The van der Waals surface area contributed by atoms with Crippen molar-refractivity contribution in [2.75, 3.05) is 11.6 Å². The number of ether oxygens (including phenoxy) is 1. The van der Waals surface area contributed by atoms with Crippen molar-refractivity contribution in [3.8, 4) is 5.88 Å². The molecule has 132 valence electrons. The highest BCUT2D eigenvalue weighted by molar-refractivity contribution is 7.97. The van der Waals surface area contributed by atoms with Gasteiger partial charge in [0.05, 0.1) is 11.9 Å². The van der Waals surface area contributed by atoms with Crippen molar-refractivity contribution in [2.45, 2.75) is 12.4 Å². The number of pyridine rings is 1. The molecule has 3 aromatic rings. The maximum atomic E-state index is 12.3. The number of carbonyl (C=O) groups excluding carboxylic acids is 1. The summed E-state index contributed by atoms with van der Waals surface area (Å²) in [5.41, 5.74) is 3.54. The first-order valence-corrected chi connectivity index (χ1v) is 9.66. The summed E-state index contributed by atoms with van der Waals surface area (Å²) in [4.78, 5) is 16.5. The smallest absolute Gasteiger partial charge is 0.255 e. The molecule has 1 heterocycles. The number of benzene rings is 2. The molecule has 0 radical (unpaired) electrons. The second-order valence-electron chi connectivity index (χ2n) is 5.74. The Morgan fingerprint density at radius 2 is 1.77 bits per heavy atom. The average Bonchev–Trinajstić information content (AvgIpc) is 2.69. The predicted molar refractivity (Wildman–Crippen MR) is 107 cm³/mol. The van der Waals surface area contributed by atoms with Gasteiger partial charge in [-0.2, -0.15) is 11.8 Å². The Morgan fingerprint density at radius 1 is 1.00 bits per heavy atom. The topological polar surface area (TPSA) is 51.2 Å². The number of hydrogen-bond donors (Lipinski definition) is 1. The standard InChI is InChI=1S/C21H20N2O2S/c1-26-15-17-7-9-18(10-8-17)21(24)23-19-11-12-20(22-13-19)25-14-16-5-3-2-4-6-16/h2-13H,14-15H2,1H3,(H,23,24). The van der Waals surface area contributed by atoms with E-state index in [0.29, 0.717) is 23.7 Å². The molecule has 0 aliphatic heterocycles. The van der Waals surface area contributed by atoms with Crippen LogP contribution in [0.1, 0.15) is 21.5 Å².